The third-order valence-corrected chi connectivity index (χ3v) is 3.42. The minimum atomic E-state index is -0.304. The summed E-state index contributed by atoms with van der Waals surface area (Å²) in [5.41, 5.74) is 0. The zero-order chi connectivity index (χ0) is 10.7. The van der Waals surface area contributed by atoms with E-state index in [4.69, 9.17) is 4.74 Å². The SMILES string of the molecule is C[C@@H]1NC(=O)O[C@@H]1CSc1ccccc1. The second kappa shape index (κ2) is 4.57. The van der Waals surface area contributed by atoms with Gasteiger partial charge in [-0.15, -0.1) is 11.8 Å². The van der Waals surface area contributed by atoms with Gasteiger partial charge >= 0.3 is 6.09 Å². The lowest BCUT2D eigenvalue weighted by atomic mass is 10.2. The number of amides is 1. The van der Waals surface area contributed by atoms with Crippen molar-refractivity contribution in [3.8, 4) is 0 Å². The van der Waals surface area contributed by atoms with E-state index in [1.807, 2.05) is 25.1 Å². The van der Waals surface area contributed by atoms with Gasteiger partial charge in [-0.1, -0.05) is 18.2 Å². The second-order valence-corrected chi connectivity index (χ2v) is 4.59. The standard InChI is InChI=1S/C11H13NO2S/c1-8-10(14-11(13)12-8)7-15-9-5-3-2-4-6-9/h2-6,8,10H,7H2,1H3,(H,12,13)/t8-,10+/m0/s1. The molecule has 80 valence electrons. The Morgan fingerprint density at radius 1 is 1.40 bits per heavy atom. The number of hydrogen-bond acceptors (Lipinski definition) is 3. The lowest BCUT2D eigenvalue weighted by molar-refractivity contribution is 0.144. The van der Waals surface area contributed by atoms with E-state index in [1.54, 1.807) is 11.8 Å². The first-order valence-corrected chi connectivity index (χ1v) is 5.89. The van der Waals surface area contributed by atoms with Gasteiger partial charge in [-0.25, -0.2) is 4.79 Å². The summed E-state index contributed by atoms with van der Waals surface area (Å²) in [5.74, 6) is 0.796. The molecule has 1 heterocycles. The summed E-state index contributed by atoms with van der Waals surface area (Å²) in [6, 6.07) is 10.2. The largest absolute Gasteiger partial charge is 0.443 e. The van der Waals surface area contributed by atoms with Crippen molar-refractivity contribution < 1.29 is 9.53 Å². The second-order valence-electron chi connectivity index (χ2n) is 3.50. The molecular weight excluding hydrogens is 210 g/mol. The van der Waals surface area contributed by atoms with Crippen LogP contribution in [0.1, 0.15) is 6.92 Å². The van der Waals surface area contributed by atoms with Gasteiger partial charge in [0.05, 0.1) is 6.04 Å². The number of hydrogen-bond donors (Lipinski definition) is 1. The molecule has 1 amide bonds. The zero-order valence-electron chi connectivity index (χ0n) is 8.47. The number of carbonyl (C=O) groups excluding carboxylic acids is 1. The number of nitrogens with one attached hydrogen (secondary N) is 1. The Kier molecular flexibility index (Phi) is 3.16. The Hall–Kier alpha value is -1.16. The summed E-state index contributed by atoms with van der Waals surface area (Å²) in [4.78, 5) is 12.1. The van der Waals surface area contributed by atoms with Crippen LogP contribution in [0, 0.1) is 0 Å². The number of rotatable bonds is 3. The van der Waals surface area contributed by atoms with Crippen LogP contribution in [0.15, 0.2) is 35.2 Å². The maximum absolute atomic E-state index is 10.9. The number of alkyl carbamates (subject to hydrolysis) is 1. The number of ether oxygens (including phenoxy) is 1. The maximum atomic E-state index is 10.9. The fraction of sp³-hybridized carbons (Fsp3) is 0.364. The molecule has 1 aromatic rings. The van der Waals surface area contributed by atoms with Crippen LogP contribution in [0.5, 0.6) is 0 Å². The smallest absolute Gasteiger partial charge is 0.407 e. The highest BCUT2D eigenvalue weighted by Crippen LogP contribution is 2.21. The highest BCUT2D eigenvalue weighted by Gasteiger charge is 2.30. The summed E-state index contributed by atoms with van der Waals surface area (Å²) in [7, 11) is 0. The topological polar surface area (TPSA) is 38.3 Å². The predicted octanol–water partition coefficient (Wildman–Crippen LogP) is 2.28. The van der Waals surface area contributed by atoms with Crippen molar-refractivity contribution in [2.75, 3.05) is 5.75 Å². The van der Waals surface area contributed by atoms with Crippen molar-refractivity contribution in [1.82, 2.24) is 5.32 Å². The van der Waals surface area contributed by atoms with E-state index >= 15 is 0 Å². The third-order valence-electron chi connectivity index (χ3n) is 2.32. The van der Waals surface area contributed by atoms with Gasteiger partial charge in [0.1, 0.15) is 6.10 Å². The average molecular weight is 223 g/mol. The first-order valence-electron chi connectivity index (χ1n) is 4.91. The Labute approximate surface area is 93.2 Å². The summed E-state index contributed by atoms with van der Waals surface area (Å²) < 4.78 is 5.12. The van der Waals surface area contributed by atoms with E-state index < -0.39 is 0 Å². The molecule has 0 saturated carbocycles. The molecule has 1 fully saturated rings. The maximum Gasteiger partial charge on any atom is 0.407 e. The van der Waals surface area contributed by atoms with Crippen molar-refractivity contribution in [2.24, 2.45) is 0 Å². The molecule has 0 bridgehead atoms. The van der Waals surface area contributed by atoms with Gasteiger partial charge in [0.15, 0.2) is 0 Å². The molecule has 3 nitrogen and oxygen atoms in total. The molecule has 1 aliphatic rings. The molecule has 15 heavy (non-hydrogen) atoms. The van der Waals surface area contributed by atoms with Crippen molar-refractivity contribution in [3.05, 3.63) is 30.3 Å². The molecule has 1 N–H and O–H groups in total. The van der Waals surface area contributed by atoms with Crippen LogP contribution >= 0.6 is 11.8 Å². The lowest BCUT2D eigenvalue weighted by Gasteiger charge is -2.11. The Balaban J connectivity index is 1.86. The van der Waals surface area contributed by atoms with E-state index in [-0.39, 0.29) is 18.2 Å². The van der Waals surface area contributed by atoms with E-state index in [2.05, 4.69) is 17.4 Å². The van der Waals surface area contributed by atoms with Crippen LogP contribution in [0.4, 0.5) is 4.79 Å². The Morgan fingerprint density at radius 3 is 2.73 bits per heavy atom. The quantitative estimate of drug-likeness (QED) is 0.799. The molecule has 2 atom stereocenters. The van der Waals surface area contributed by atoms with Crippen LogP contribution in [0.3, 0.4) is 0 Å². The van der Waals surface area contributed by atoms with Gasteiger partial charge in [-0.2, -0.15) is 0 Å². The highest BCUT2D eigenvalue weighted by atomic mass is 32.2. The van der Waals surface area contributed by atoms with E-state index in [0.717, 1.165) is 5.75 Å². The molecular formula is C11H13NO2S. The summed E-state index contributed by atoms with van der Waals surface area (Å²) in [5, 5.41) is 2.73. The van der Waals surface area contributed by atoms with Crippen molar-refractivity contribution in [1.29, 1.82) is 0 Å². The molecule has 2 rings (SSSR count). The van der Waals surface area contributed by atoms with Crippen LogP contribution in [-0.4, -0.2) is 24.0 Å². The van der Waals surface area contributed by atoms with Crippen molar-refractivity contribution in [2.45, 2.75) is 24.0 Å². The van der Waals surface area contributed by atoms with Gasteiger partial charge in [-0.3, -0.25) is 0 Å². The molecule has 1 aromatic carbocycles. The van der Waals surface area contributed by atoms with Gasteiger partial charge in [-0.05, 0) is 19.1 Å². The van der Waals surface area contributed by atoms with Crippen molar-refractivity contribution in [3.63, 3.8) is 0 Å². The number of benzene rings is 1. The molecule has 0 spiro atoms. The van der Waals surface area contributed by atoms with E-state index in [1.165, 1.54) is 4.90 Å². The summed E-state index contributed by atoms with van der Waals surface area (Å²) in [6.07, 6.45) is -0.330. The molecule has 1 saturated heterocycles. The zero-order valence-corrected chi connectivity index (χ0v) is 9.29. The predicted molar refractivity (Wildman–Crippen MR) is 60.0 cm³/mol. The van der Waals surface area contributed by atoms with Gasteiger partial charge < -0.3 is 10.1 Å². The summed E-state index contributed by atoms with van der Waals surface area (Å²) >= 11 is 1.71. The number of carbonyl (C=O) groups is 1. The van der Waals surface area contributed by atoms with Crippen LogP contribution in [0.25, 0.3) is 0 Å². The third kappa shape index (κ3) is 2.65. The normalized spacial score (nSPS) is 24.7. The van der Waals surface area contributed by atoms with E-state index in [0.29, 0.717) is 0 Å². The molecule has 0 radical (unpaired) electrons. The van der Waals surface area contributed by atoms with Crippen LogP contribution in [-0.2, 0) is 4.74 Å². The Morgan fingerprint density at radius 2 is 2.13 bits per heavy atom. The van der Waals surface area contributed by atoms with Crippen LogP contribution in [0.2, 0.25) is 0 Å². The first-order chi connectivity index (χ1) is 7.25. The summed E-state index contributed by atoms with van der Waals surface area (Å²) in [6.45, 7) is 1.96. The first kappa shape index (κ1) is 10.4. The number of thioether (sulfide) groups is 1. The average Bonchev–Trinajstić information content (AvgIpc) is 2.56. The lowest BCUT2D eigenvalue weighted by Crippen LogP contribution is -2.29. The fourth-order valence-corrected chi connectivity index (χ4v) is 2.49. The van der Waals surface area contributed by atoms with Gasteiger partial charge in [0.25, 0.3) is 0 Å². The Bertz CT molecular complexity index is 342. The van der Waals surface area contributed by atoms with Crippen LogP contribution < -0.4 is 5.32 Å². The molecule has 0 unspecified atom stereocenters. The molecule has 0 aliphatic carbocycles. The minimum absolute atomic E-state index is 0.0253. The number of cyclic esters (lactones) is 1. The molecule has 4 heteroatoms. The fourth-order valence-electron chi connectivity index (χ4n) is 1.43. The van der Waals surface area contributed by atoms with Gasteiger partial charge in [0.2, 0.25) is 0 Å². The molecule has 0 aromatic heterocycles. The van der Waals surface area contributed by atoms with Crippen molar-refractivity contribution >= 4 is 17.9 Å². The minimum Gasteiger partial charge on any atom is -0.443 e. The van der Waals surface area contributed by atoms with Gasteiger partial charge in [0, 0.05) is 10.6 Å². The molecule has 1 aliphatic heterocycles. The van der Waals surface area contributed by atoms with E-state index in [9.17, 15) is 4.79 Å². The highest BCUT2D eigenvalue weighted by molar-refractivity contribution is 7.99. The monoisotopic (exact) mass is 223 g/mol.